The molecule has 0 spiro atoms. The van der Waals surface area contributed by atoms with Gasteiger partial charge in [0.15, 0.2) is 0 Å². The van der Waals surface area contributed by atoms with E-state index in [-0.39, 0.29) is 18.7 Å². The zero-order valence-corrected chi connectivity index (χ0v) is 11.8. The van der Waals surface area contributed by atoms with Crippen molar-refractivity contribution in [2.45, 2.75) is 13.0 Å². The number of rotatable bonds is 7. The lowest BCUT2D eigenvalue weighted by Gasteiger charge is -2.04. The van der Waals surface area contributed by atoms with Crippen LogP contribution in [0.3, 0.4) is 0 Å². The topological polar surface area (TPSA) is 117 Å². The highest BCUT2D eigenvalue weighted by atomic mass is 32.2. The van der Waals surface area contributed by atoms with Crippen LogP contribution in [-0.2, 0) is 35.6 Å². The monoisotopic (exact) mass is 305 g/mol. The summed E-state index contributed by atoms with van der Waals surface area (Å²) in [7, 11) is -1.26. The molecule has 1 rings (SSSR count). The second kappa shape index (κ2) is 6.89. The third-order valence-electron chi connectivity index (χ3n) is 2.23. The molecule has 1 N–H and O–H groups in total. The van der Waals surface area contributed by atoms with Crippen LogP contribution in [-0.4, -0.2) is 50.1 Å². The first-order valence-corrected chi connectivity index (χ1v) is 7.18. The van der Waals surface area contributed by atoms with Crippen molar-refractivity contribution in [2.75, 3.05) is 24.7 Å². The van der Waals surface area contributed by atoms with Crippen LogP contribution in [0.4, 0.5) is 5.69 Å². The summed E-state index contributed by atoms with van der Waals surface area (Å²) in [6.45, 7) is -0.125. The number of nitrogens with one attached hydrogen (secondary N) is 1. The Bertz CT molecular complexity index is 580. The predicted octanol–water partition coefficient (Wildman–Crippen LogP) is -0.639. The molecule has 0 aliphatic rings. The van der Waals surface area contributed by atoms with Gasteiger partial charge in [0.25, 0.3) is 0 Å². The Morgan fingerprint density at radius 2 is 1.95 bits per heavy atom. The van der Waals surface area contributed by atoms with Crippen LogP contribution in [0, 0.1) is 0 Å². The molecule has 0 aliphatic carbocycles. The van der Waals surface area contributed by atoms with Crippen molar-refractivity contribution in [2.24, 2.45) is 0 Å². The summed E-state index contributed by atoms with van der Waals surface area (Å²) >= 11 is 0. The van der Waals surface area contributed by atoms with Crippen molar-refractivity contribution < 1.29 is 27.5 Å². The third kappa shape index (κ3) is 5.26. The van der Waals surface area contributed by atoms with E-state index in [2.05, 4.69) is 19.3 Å². The van der Waals surface area contributed by atoms with E-state index in [0.29, 0.717) is 0 Å². The number of hydrogen-bond donors (Lipinski definition) is 1. The fraction of sp³-hybridized carbons (Fsp3) is 0.500. The highest BCUT2D eigenvalue weighted by Crippen LogP contribution is 2.08. The number of esters is 2. The molecule has 20 heavy (non-hydrogen) atoms. The Morgan fingerprint density at radius 1 is 1.30 bits per heavy atom. The van der Waals surface area contributed by atoms with Crippen molar-refractivity contribution in [3.05, 3.63) is 12.4 Å². The molecule has 0 bridgehead atoms. The van der Waals surface area contributed by atoms with Crippen LogP contribution in [0.25, 0.3) is 0 Å². The van der Waals surface area contributed by atoms with E-state index in [0.717, 1.165) is 0 Å². The van der Waals surface area contributed by atoms with Gasteiger partial charge in [0.05, 0.1) is 38.3 Å². The molecule has 1 heterocycles. The van der Waals surface area contributed by atoms with Gasteiger partial charge in [-0.1, -0.05) is 0 Å². The number of nitrogens with zero attached hydrogens (tertiary/aromatic N) is 2. The molecule has 1 aromatic rings. The minimum Gasteiger partial charge on any atom is -0.469 e. The molecule has 9 nitrogen and oxygen atoms in total. The van der Waals surface area contributed by atoms with Gasteiger partial charge in [-0.25, -0.2) is 8.42 Å². The first-order valence-electron chi connectivity index (χ1n) is 5.53. The number of carbonyl (C=O) groups excluding carboxylic acids is 2. The molecule has 10 heteroatoms. The Hall–Kier alpha value is -2.10. The Labute approximate surface area is 115 Å². The van der Waals surface area contributed by atoms with Gasteiger partial charge in [0.1, 0.15) is 6.54 Å². The average molecular weight is 305 g/mol. The number of aromatic nitrogens is 2. The molecule has 0 aliphatic heterocycles. The summed E-state index contributed by atoms with van der Waals surface area (Å²) in [4.78, 5) is 21.9. The van der Waals surface area contributed by atoms with Crippen molar-refractivity contribution in [1.29, 1.82) is 0 Å². The molecule has 0 amide bonds. The first-order chi connectivity index (χ1) is 9.36. The van der Waals surface area contributed by atoms with E-state index in [9.17, 15) is 18.0 Å². The van der Waals surface area contributed by atoms with Crippen LogP contribution < -0.4 is 4.72 Å². The van der Waals surface area contributed by atoms with Gasteiger partial charge >= 0.3 is 11.9 Å². The van der Waals surface area contributed by atoms with E-state index < -0.39 is 27.7 Å². The molecule has 0 saturated carbocycles. The van der Waals surface area contributed by atoms with Gasteiger partial charge in [-0.3, -0.25) is 19.0 Å². The molecular formula is C10H15N3O6S. The molecule has 0 aromatic carbocycles. The molecule has 1 aromatic heterocycles. The summed E-state index contributed by atoms with van der Waals surface area (Å²) in [5, 5.41) is 3.80. The fourth-order valence-electron chi connectivity index (χ4n) is 1.25. The minimum atomic E-state index is -3.68. The first kappa shape index (κ1) is 16.0. The lowest BCUT2D eigenvalue weighted by atomic mass is 10.5. The van der Waals surface area contributed by atoms with Gasteiger partial charge in [-0.05, 0) is 0 Å². The smallest absolute Gasteiger partial charge is 0.327 e. The number of carbonyl (C=O) groups is 2. The molecule has 0 saturated heterocycles. The predicted molar refractivity (Wildman–Crippen MR) is 68.3 cm³/mol. The Balaban J connectivity index is 2.59. The van der Waals surface area contributed by atoms with Crippen LogP contribution in [0.2, 0.25) is 0 Å². The van der Waals surface area contributed by atoms with Crippen LogP contribution >= 0.6 is 0 Å². The zero-order valence-electron chi connectivity index (χ0n) is 11.0. The molecule has 0 atom stereocenters. The van der Waals surface area contributed by atoms with Crippen LogP contribution in [0.5, 0.6) is 0 Å². The standard InChI is InChI=1S/C10H15N3O6S/c1-18-9(14)3-4-20(16,17)12-8-5-11-13(6-8)7-10(15)19-2/h5-6,12H,3-4,7H2,1-2H3. The fourth-order valence-corrected chi connectivity index (χ4v) is 2.25. The molecule has 0 radical (unpaired) electrons. The highest BCUT2D eigenvalue weighted by Gasteiger charge is 2.15. The second-order valence-electron chi connectivity index (χ2n) is 3.75. The van der Waals surface area contributed by atoms with Crippen LogP contribution in [0.1, 0.15) is 6.42 Å². The number of ether oxygens (including phenoxy) is 2. The quantitative estimate of drug-likeness (QED) is 0.666. The molecular weight excluding hydrogens is 290 g/mol. The summed E-state index contributed by atoms with van der Waals surface area (Å²) in [5.41, 5.74) is 0.193. The molecule has 112 valence electrons. The van der Waals surface area contributed by atoms with Gasteiger partial charge in [0.2, 0.25) is 10.0 Å². The molecule has 0 fully saturated rings. The maximum absolute atomic E-state index is 11.7. The molecule has 0 unspecified atom stereocenters. The number of hydrogen-bond acceptors (Lipinski definition) is 7. The van der Waals surface area contributed by atoms with E-state index >= 15 is 0 Å². The SMILES string of the molecule is COC(=O)CCS(=O)(=O)Nc1cnn(CC(=O)OC)c1. The third-order valence-corrected chi connectivity index (χ3v) is 3.52. The Morgan fingerprint density at radius 3 is 2.55 bits per heavy atom. The van der Waals surface area contributed by atoms with Crippen LogP contribution in [0.15, 0.2) is 12.4 Å². The van der Waals surface area contributed by atoms with E-state index in [1.54, 1.807) is 0 Å². The second-order valence-corrected chi connectivity index (χ2v) is 5.59. The van der Waals surface area contributed by atoms with E-state index in [1.165, 1.54) is 31.3 Å². The van der Waals surface area contributed by atoms with Gasteiger partial charge < -0.3 is 9.47 Å². The summed E-state index contributed by atoms with van der Waals surface area (Å²) in [6.07, 6.45) is 2.34. The summed E-state index contributed by atoms with van der Waals surface area (Å²) < 4.78 is 35.6. The maximum Gasteiger partial charge on any atom is 0.327 e. The van der Waals surface area contributed by atoms with Crippen molar-refractivity contribution in [3.63, 3.8) is 0 Å². The number of methoxy groups -OCH3 is 2. The largest absolute Gasteiger partial charge is 0.469 e. The summed E-state index contributed by atoms with van der Waals surface area (Å²) in [6, 6.07) is 0. The van der Waals surface area contributed by atoms with E-state index in [4.69, 9.17) is 0 Å². The van der Waals surface area contributed by atoms with E-state index in [1.807, 2.05) is 0 Å². The average Bonchev–Trinajstić information content (AvgIpc) is 2.82. The number of sulfonamides is 1. The van der Waals surface area contributed by atoms with Gasteiger partial charge in [0, 0.05) is 6.20 Å². The maximum atomic E-state index is 11.7. The van der Waals surface area contributed by atoms with Gasteiger partial charge in [-0.15, -0.1) is 0 Å². The van der Waals surface area contributed by atoms with Crippen molar-refractivity contribution in [1.82, 2.24) is 9.78 Å². The van der Waals surface area contributed by atoms with Crippen molar-refractivity contribution >= 4 is 27.6 Å². The highest BCUT2D eigenvalue weighted by molar-refractivity contribution is 7.92. The minimum absolute atomic E-state index is 0.125. The Kier molecular flexibility index (Phi) is 5.50. The zero-order chi connectivity index (χ0) is 15.2. The summed E-state index contributed by atoms with van der Waals surface area (Å²) in [5.74, 6) is -1.52. The van der Waals surface area contributed by atoms with Crippen molar-refractivity contribution in [3.8, 4) is 0 Å². The lowest BCUT2D eigenvalue weighted by molar-refractivity contribution is -0.141. The van der Waals surface area contributed by atoms with Gasteiger partial charge in [-0.2, -0.15) is 5.10 Å². The number of anilines is 1. The normalized spacial score (nSPS) is 10.9. The lowest BCUT2D eigenvalue weighted by Crippen LogP contribution is -2.19.